The maximum absolute atomic E-state index is 9.97. The third-order valence-electron chi connectivity index (χ3n) is 3.86. The normalized spacial score (nSPS) is 18.3. The molecule has 23 heavy (non-hydrogen) atoms. The number of nitrogens with zero attached hydrogens (tertiary/aromatic N) is 1. The second-order valence-electron chi connectivity index (χ2n) is 5.80. The summed E-state index contributed by atoms with van der Waals surface area (Å²) in [5.74, 6) is 0. The van der Waals surface area contributed by atoms with Gasteiger partial charge in [-0.2, -0.15) is 0 Å². The lowest BCUT2D eigenvalue weighted by atomic mass is 10.1. The van der Waals surface area contributed by atoms with Gasteiger partial charge < -0.3 is 15.7 Å². The van der Waals surface area contributed by atoms with E-state index in [-0.39, 0.29) is 0 Å². The topological polar surface area (TPSA) is 57.2 Å². The van der Waals surface area contributed by atoms with Crippen molar-refractivity contribution in [2.24, 2.45) is 0 Å². The molecular formula is C19H27N3O. The predicted molar refractivity (Wildman–Crippen MR) is 96.1 cm³/mol. The number of aromatic nitrogens is 1. The van der Waals surface area contributed by atoms with Crippen LogP contribution in [-0.4, -0.2) is 16.6 Å². The molecule has 0 bridgehead atoms. The van der Waals surface area contributed by atoms with Gasteiger partial charge in [0.25, 0.3) is 0 Å². The molecule has 0 aliphatic heterocycles. The van der Waals surface area contributed by atoms with Crippen molar-refractivity contribution >= 4 is 5.69 Å². The van der Waals surface area contributed by atoms with Crippen molar-refractivity contribution in [3.8, 4) is 0 Å². The predicted octanol–water partition coefficient (Wildman–Crippen LogP) is 3.84. The fourth-order valence-corrected chi connectivity index (χ4v) is 2.66. The summed E-state index contributed by atoms with van der Waals surface area (Å²) in [7, 11) is 0. The molecule has 3 N–H and O–H groups in total. The summed E-state index contributed by atoms with van der Waals surface area (Å²) in [6.45, 7) is 7.21. The molecule has 1 aliphatic carbocycles. The second kappa shape index (κ2) is 8.53. The number of allylic oxidation sites excluding steroid dienone is 5. The smallest absolute Gasteiger partial charge is 0.0966 e. The number of hydrogen-bond acceptors (Lipinski definition) is 4. The Morgan fingerprint density at radius 3 is 3.00 bits per heavy atom. The summed E-state index contributed by atoms with van der Waals surface area (Å²) in [5.41, 5.74) is 5.13. The lowest BCUT2D eigenvalue weighted by Gasteiger charge is -2.12. The first-order chi connectivity index (χ1) is 11.2. The first-order valence-corrected chi connectivity index (χ1v) is 8.33. The molecule has 124 valence electrons. The van der Waals surface area contributed by atoms with Crippen LogP contribution in [0.1, 0.15) is 51.0 Å². The van der Waals surface area contributed by atoms with Gasteiger partial charge in [0.2, 0.25) is 0 Å². The fourth-order valence-electron chi connectivity index (χ4n) is 2.66. The minimum absolute atomic E-state index is 0.429. The number of aliphatic hydroxyl groups is 1. The van der Waals surface area contributed by atoms with E-state index in [4.69, 9.17) is 0 Å². The summed E-state index contributed by atoms with van der Waals surface area (Å²) in [6.07, 6.45) is 12.3. The van der Waals surface area contributed by atoms with Gasteiger partial charge in [-0.15, -0.1) is 0 Å². The van der Waals surface area contributed by atoms with Crippen LogP contribution < -0.4 is 10.6 Å². The van der Waals surface area contributed by atoms with Crippen LogP contribution in [0.5, 0.6) is 0 Å². The number of fused-ring (bicyclic) bond motifs is 1. The zero-order chi connectivity index (χ0) is 16.7. The molecule has 1 atom stereocenters. The molecule has 0 radical (unpaired) electrons. The first kappa shape index (κ1) is 17.3. The lowest BCUT2D eigenvalue weighted by molar-refractivity contribution is 0.176. The Balaban J connectivity index is 2.18. The highest BCUT2D eigenvalue weighted by atomic mass is 16.3. The highest BCUT2D eigenvalue weighted by Crippen LogP contribution is 2.34. The van der Waals surface area contributed by atoms with Crippen LogP contribution in [0.25, 0.3) is 0 Å². The Morgan fingerprint density at radius 1 is 1.43 bits per heavy atom. The SMILES string of the molecule is C/C=C/C(=C\C=C(/C)NCCC)Nc1ccnc2c1CCC2O. The molecule has 1 heterocycles. The minimum atomic E-state index is -0.429. The Bertz CT molecular complexity index is 617. The molecule has 1 aliphatic rings. The number of rotatable bonds is 7. The van der Waals surface area contributed by atoms with E-state index in [0.29, 0.717) is 0 Å². The molecule has 4 heteroatoms. The Hall–Kier alpha value is -2.07. The molecule has 0 saturated heterocycles. The van der Waals surface area contributed by atoms with Crippen molar-refractivity contribution in [1.29, 1.82) is 0 Å². The van der Waals surface area contributed by atoms with Gasteiger partial charge in [0, 0.05) is 29.8 Å². The van der Waals surface area contributed by atoms with E-state index in [1.165, 1.54) is 0 Å². The molecule has 0 aromatic carbocycles. The van der Waals surface area contributed by atoms with Crippen LogP contribution >= 0.6 is 0 Å². The van der Waals surface area contributed by atoms with Crippen LogP contribution in [0, 0.1) is 0 Å². The lowest BCUT2D eigenvalue weighted by Crippen LogP contribution is -2.11. The van der Waals surface area contributed by atoms with Crippen LogP contribution in [0.4, 0.5) is 5.69 Å². The van der Waals surface area contributed by atoms with Crippen LogP contribution in [0.2, 0.25) is 0 Å². The van der Waals surface area contributed by atoms with Crippen molar-refractivity contribution in [2.75, 3.05) is 11.9 Å². The number of nitrogens with one attached hydrogen (secondary N) is 2. The minimum Gasteiger partial charge on any atom is -0.389 e. The Labute approximate surface area is 139 Å². The van der Waals surface area contributed by atoms with E-state index in [1.54, 1.807) is 6.20 Å². The van der Waals surface area contributed by atoms with Crippen molar-refractivity contribution in [3.05, 3.63) is 59.2 Å². The number of pyridine rings is 1. The fraction of sp³-hybridized carbons (Fsp3) is 0.421. The molecule has 0 spiro atoms. The molecule has 1 aromatic heterocycles. The zero-order valence-electron chi connectivity index (χ0n) is 14.3. The van der Waals surface area contributed by atoms with Crippen LogP contribution in [0.15, 0.2) is 48.0 Å². The van der Waals surface area contributed by atoms with Gasteiger partial charge >= 0.3 is 0 Å². The second-order valence-corrected chi connectivity index (χ2v) is 5.80. The van der Waals surface area contributed by atoms with Gasteiger partial charge in [-0.3, -0.25) is 4.98 Å². The van der Waals surface area contributed by atoms with Gasteiger partial charge in [-0.05, 0) is 63.0 Å². The van der Waals surface area contributed by atoms with Gasteiger partial charge in [-0.1, -0.05) is 13.0 Å². The third-order valence-corrected chi connectivity index (χ3v) is 3.86. The molecule has 4 nitrogen and oxygen atoms in total. The number of anilines is 1. The summed E-state index contributed by atoms with van der Waals surface area (Å²) < 4.78 is 0. The first-order valence-electron chi connectivity index (χ1n) is 8.33. The average molecular weight is 313 g/mol. The van der Waals surface area contributed by atoms with E-state index in [0.717, 1.165) is 54.1 Å². The quantitative estimate of drug-likeness (QED) is 0.670. The highest BCUT2D eigenvalue weighted by Gasteiger charge is 2.24. The maximum atomic E-state index is 9.97. The van der Waals surface area contributed by atoms with E-state index < -0.39 is 6.10 Å². The van der Waals surface area contributed by atoms with Gasteiger partial charge in [0.15, 0.2) is 0 Å². The van der Waals surface area contributed by atoms with Crippen LogP contribution in [-0.2, 0) is 6.42 Å². The molecule has 0 fully saturated rings. The van der Waals surface area contributed by atoms with E-state index in [2.05, 4.69) is 41.6 Å². The standard InChI is InChI=1S/C19H27N3O/c1-4-6-15(8-7-14(3)20-12-5-2)22-17-11-13-21-19-16(17)9-10-18(19)23/h4,6-8,11,13,18,20,23H,5,9-10,12H2,1-3H3,(H,21,22)/b6-4+,14-7+,15-8+. The van der Waals surface area contributed by atoms with Crippen molar-refractivity contribution < 1.29 is 5.11 Å². The van der Waals surface area contributed by atoms with Crippen molar-refractivity contribution in [2.45, 2.75) is 46.1 Å². The van der Waals surface area contributed by atoms with E-state index >= 15 is 0 Å². The highest BCUT2D eigenvalue weighted by molar-refractivity contribution is 5.59. The molecule has 0 amide bonds. The molecule has 0 saturated carbocycles. The Kier molecular flexibility index (Phi) is 6.41. The van der Waals surface area contributed by atoms with Gasteiger partial charge in [0.1, 0.15) is 0 Å². The van der Waals surface area contributed by atoms with Gasteiger partial charge in [0.05, 0.1) is 11.8 Å². The van der Waals surface area contributed by atoms with E-state index in [9.17, 15) is 5.11 Å². The molecular weight excluding hydrogens is 286 g/mol. The molecule has 1 unspecified atom stereocenters. The van der Waals surface area contributed by atoms with E-state index in [1.807, 2.05) is 25.1 Å². The summed E-state index contributed by atoms with van der Waals surface area (Å²) in [4.78, 5) is 4.31. The Morgan fingerprint density at radius 2 is 2.26 bits per heavy atom. The van der Waals surface area contributed by atoms with Crippen molar-refractivity contribution in [3.63, 3.8) is 0 Å². The summed E-state index contributed by atoms with van der Waals surface area (Å²) in [5, 5.41) is 16.8. The third kappa shape index (κ3) is 4.70. The monoisotopic (exact) mass is 313 g/mol. The number of aliphatic hydroxyl groups excluding tert-OH is 1. The molecule has 1 aromatic rings. The van der Waals surface area contributed by atoms with Crippen LogP contribution in [0.3, 0.4) is 0 Å². The summed E-state index contributed by atoms with van der Waals surface area (Å²) >= 11 is 0. The zero-order valence-corrected chi connectivity index (χ0v) is 14.3. The molecule has 2 rings (SSSR count). The van der Waals surface area contributed by atoms with Gasteiger partial charge in [-0.25, -0.2) is 0 Å². The number of hydrogen-bond donors (Lipinski definition) is 3. The summed E-state index contributed by atoms with van der Waals surface area (Å²) in [6, 6.07) is 1.97. The average Bonchev–Trinajstić information content (AvgIpc) is 2.93. The largest absolute Gasteiger partial charge is 0.389 e. The maximum Gasteiger partial charge on any atom is 0.0966 e. The van der Waals surface area contributed by atoms with Crippen molar-refractivity contribution in [1.82, 2.24) is 10.3 Å².